The van der Waals surface area contributed by atoms with Crippen LogP contribution in [0.25, 0.3) is 10.2 Å². The van der Waals surface area contributed by atoms with Crippen molar-refractivity contribution in [2.75, 3.05) is 13.2 Å². The van der Waals surface area contributed by atoms with Crippen molar-refractivity contribution in [1.29, 1.82) is 0 Å². The van der Waals surface area contributed by atoms with Crippen molar-refractivity contribution >= 4 is 49.7 Å². The van der Waals surface area contributed by atoms with Gasteiger partial charge in [-0.3, -0.25) is 5.43 Å². The summed E-state index contributed by atoms with van der Waals surface area (Å²) in [7, 11) is -3.94. The number of unbranched alkanes of at least 4 members (excludes halogenated alkanes) is 1. The Balaban J connectivity index is 1.71. The highest BCUT2D eigenvalue weighted by Gasteiger charge is 2.44. The molecule has 11 heteroatoms. The molecule has 33 heavy (non-hydrogen) atoms. The third-order valence-corrected chi connectivity index (χ3v) is 9.00. The predicted octanol–water partition coefficient (Wildman–Crippen LogP) is 4.91. The maximum absolute atomic E-state index is 13.7. The highest BCUT2D eigenvalue weighted by atomic mass is 32.2. The minimum atomic E-state index is -3.94. The van der Waals surface area contributed by atoms with Crippen LogP contribution in [-0.2, 0) is 9.84 Å². The Morgan fingerprint density at radius 1 is 1.30 bits per heavy atom. The monoisotopic (exact) mass is 507 g/mol. The van der Waals surface area contributed by atoms with Crippen molar-refractivity contribution < 1.29 is 23.1 Å². The molecule has 1 unspecified atom stereocenters. The normalized spacial score (nSPS) is 19.1. The number of nitrogens with zero attached hydrogens (tertiary/aromatic N) is 1. The van der Waals surface area contributed by atoms with Gasteiger partial charge in [-0.25, -0.2) is 13.2 Å². The van der Waals surface area contributed by atoms with Gasteiger partial charge in [0.15, 0.2) is 13.8 Å². The molecule has 1 amide bonds. The van der Waals surface area contributed by atoms with Crippen molar-refractivity contribution in [3.05, 3.63) is 52.0 Å². The zero-order valence-corrected chi connectivity index (χ0v) is 20.4. The number of fused-ring (bicyclic) bond motifs is 1. The van der Waals surface area contributed by atoms with E-state index in [2.05, 4.69) is 10.4 Å². The molecule has 1 saturated heterocycles. The first-order chi connectivity index (χ1) is 15.8. The average Bonchev–Trinajstić information content (AvgIpc) is 3.36. The molecule has 8 nitrogen and oxygen atoms in total. The summed E-state index contributed by atoms with van der Waals surface area (Å²) < 4.78 is 34.9. The Morgan fingerprint density at radius 3 is 2.85 bits per heavy atom. The van der Waals surface area contributed by atoms with E-state index in [0.29, 0.717) is 10.6 Å². The van der Waals surface area contributed by atoms with Crippen LogP contribution in [0, 0.1) is 3.95 Å². The van der Waals surface area contributed by atoms with E-state index in [9.17, 15) is 18.3 Å². The van der Waals surface area contributed by atoms with E-state index in [4.69, 9.17) is 17.0 Å². The molecule has 2 heterocycles. The SMILES string of the molecule is CCCCOc1ccccc1S(=O)(=O)C1C[C@@H](c2cccc3sc(=S)[nH]c23)CN1NC(=O)O. The zero-order valence-electron chi connectivity index (χ0n) is 18.0. The molecule has 3 aromatic rings. The second-order valence-corrected chi connectivity index (χ2v) is 11.7. The standard InChI is InChI=1S/C22H25N3O5S3/c1-2-3-11-30-16-8-4-5-10-18(16)33(28,29)19-12-14(13-25(19)24-21(26)27)15-7-6-9-17-20(15)23-22(31)32-17/h4-10,14,19,24H,2-3,11-13H2,1H3,(H,23,31)(H,26,27)/t14-,19?/m1/s1. The van der Waals surface area contributed by atoms with Crippen molar-refractivity contribution in [3.63, 3.8) is 0 Å². The minimum Gasteiger partial charge on any atom is -0.492 e. The third-order valence-electron chi connectivity index (χ3n) is 5.69. The van der Waals surface area contributed by atoms with E-state index in [1.165, 1.54) is 22.4 Å². The van der Waals surface area contributed by atoms with Gasteiger partial charge in [0.05, 0.1) is 16.8 Å². The molecule has 0 spiro atoms. The molecular weight excluding hydrogens is 482 g/mol. The Morgan fingerprint density at radius 2 is 2.09 bits per heavy atom. The van der Waals surface area contributed by atoms with Crippen LogP contribution in [0.15, 0.2) is 47.4 Å². The van der Waals surface area contributed by atoms with E-state index >= 15 is 0 Å². The molecule has 1 aliphatic rings. The lowest BCUT2D eigenvalue weighted by Gasteiger charge is -2.24. The number of hydrazine groups is 1. The number of para-hydroxylation sites is 2. The van der Waals surface area contributed by atoms with E-state index in [1.807, 2.05) is 25.1 Å². The van der Waals surface area contributed by atoms with E-state index in [0.717, 1.165) is 28.6 Å². The molecule has 0 aliphatic carbocycles. The van der Waals surface area contributed by atoms with Crippen molar-refractivity contribution in [1.82, 2.24) is 15.4 Å². The van der Waals surface area contributed by atoms with Gasteiger partial charge in [-0.2, -0.15) is 5.01 Å². The van der Waals surface area contributed by atoms with Crippen LogP contribution in [0.2, 0.25) is 0 Å². The third kappa shape index (κ3) is 4.91. The number of sulfone groups is 1. The molecule has 1 aromatic heterocycles. The summed E-state index contributed by atoms with van der Waals surface area (Å²) in [4.78, 5) is 14.7. The number of hydrogen-bond donors (Lipinski definition) is 3. The van der Waals surface area contributed by atoms with E-state index in [1.54, 1.807) is 18.2 Å². The number of amides is 1. The minimum absolute atomic E-state index is 0.0668. The van der Waals surface area contributed by atoms with E-state index < -0.39 is 21.3 Å². The lowest BCUT2D eigenvalue weighted by Crippen LogP contribution is -2.47. The number of aromatic nitrogens is 1. The van der Waals surface area contributed by atoms with Crippen molar-refractivity contribution in [2.24, 2.45) is 0 Å². The molecule has 176 valence electrons. The van der Waals surface area contributed by atoms with Gasteiger partial charge in [0.2, 0.25) is 0 Å². The maximum Gasteiger partial charge on any atom is 0.419 e. The van der Waals surface area contributed by atoms with Crippen LogP contribution in [0.4, 0.5) is 4.79 Å². The molecule has 0 radical (unpaired) electrons. The molecule has 2 atom stereocenters. The summed E-state index contributed by atoms with van der Waals surface area (Å²) in [6.07, 6.45) is 0.642. The number of ether oxygens (including phenoxy) is 1. The van der Waals surface area contributed by atoms with Gasteiger partial charge in [-0.15, -0.1) is 11.3 Å². The fraction of sp³-hybridized carbons (Fsp3) is 0.364. The molecule has 0 bridgehead atoms. The fourth-order valence-corrected chi connectivity index (χ4v) is 7.24. The number of benzene rings is 2. The Kier molecular flexibility index (Phi) is 7.03. The number of H-pyrrole nitrogens is 1. The molecule has 0 saturated carbocycles. The van der Waals surface area contributed by atoms with Crippen LogP contribution in [0.5, 0.6) is 5.75 Å². The number of thiazole rings is 1. The van der Waals surface area contributed by atoms with Crippen LogP contribution in [-0.4, -0.2) is 48.1 Å². The molecule has 4 rings (SSSR count). The number of carbonyl (C=O) groups is 1. The van der Waals surface area contributed by atoms with Crippen molar-refractivity contribution in [3.8, 4) is 5.75 Å². The zero-order chi connectivity index (χ0) is 23.6. The van der Waals surface area contributed by atoms with Crippen LogP contribution >= 0.6 is 23.6 Å². The molecule has 2 aromatic carbocycles. The summed E-state index contributed by atoms with van der Waals surface area (Å²) in [5.74, 6) is 0.0717. The van der Waals surface area contributed by atoms with Gasteiger partial charge in [-0.05, 0) is 48.8 Å². The quantitative estimate of drug-likeness (QED) is 0.293. The van der Waals surface area contributed by atoms with Gasteiger partial charge < -0.3 is 14.8 Å². The number of nitrogens with one attached hydrogen (secondary N) is 2. The summed E-state index contributed by atoms with van der Waals surface area (Å²) in [6, 6.07) is 12.3. The fourth-order valence-electron chi connectivity index (χ4n) is 4.17. The second-order valence-electron chi connectivity index (χ2n) is 7.89. The van der Waals surface area contributed by atoms with Crippen LogP contribution in [0.3, 0.4) is 0 Å². The molecule has 1 fully saturated rings. The van der Waals surface area contributed by atoms with Gasteiger partial charge in [-0.1, -0.05) is 37.6 Å². The second kappa shape index (κ2) is 9.80. The Bertz CT molecular complexity index is 1320. The first kappa shape index (κ1) is 23.7. The van der Waals surface area contributed by atoms with Gasteiger partial charge in [0.1, 0.15) is 16.0 Å². The first-order valence-corrected chi connectivity index (χ1v) is 13.4. The number of rotatable bonds is 8. The largest absolute Gasteiger partial charge is 0.492 e. The summed E-state index contributed by atoms with van der Waals surface area (Å²) >= 11 is 6.74. The molecule has 1 aliphatic heterocycles. The number of hydrogen-bond acceptors (Lipinski definition) is 7. The Labute approximate surface area is 201 Å². The van der Waals surface area contributed by atoms with Gasteiger partial charge >= 0.3 is 6.09 Å². The highest BCUT2D eigenvalue weighted by Crippen LogP contribution is 2.40. The molecule has 3 N–H and O–H groups in total. The smallest absolute Gasteiger partial charge is 0.419 e. The number of aromatic amines is 1. The average molecular weight is 508 g/mol. The summed E-state index contributed by atoms with van der Waals surface area (Å²) in [5, 5.41) is 9.59. The van der Waals surface area contributed by atoms with Crippen LogP contribution < -0.4 is 10.2 Å². The predicted molar refractivity (Wildman–Crippen MR) is 130 cm³/mol. The highest BCUT2D eigenvalue weighted by molar-refractivity contribution is 7.92. The molecular formula is C22H25N3O5S3. The van der Waals surface area contributed by atoms with Crippen LogP contribution in [0.1, 0.15) is 37.7 Å². The lowest BCUT2D eigenvalue weighted by molar-refractivity contribution is 0.146. The lowest BCUT2D eigenvalue weighted by atomic mass is 9.97. The Hall–Kier alpha value is -2.47. The maximum atomic E-state index is 13.7. The summed E-state index contributed by atoms with van der Waals surface area (Å²) in [6.45, 7) is 2.65. The summed E-state index contributed by atoms with van der Waals surface area (Å²) in [5.41, 5.74) is 4.08. The van der Waals surface area contributed by atoms with Gasteiger partial charge in [0, 0.05) is 12.5 Å². The van der Waals surface area contributed by atoms with E-state index in [-0.39, 0.29) is 29.5 Å². The first-order valence-electron chi connectivity index (χ1n) is 10.6. The van der Waals surface area contributed by atoms with Gasteiger partial charge in [0.25, 0.3) is 0 Å². The topological polar surface area (TPSA) is 112 Å². The van der Waals surface area contributed by atoms with Crippen molar-refractivity contribution in [2.45, 2.75) is 42.4 Å². The number of carboxylic acid groups (broad SMARTS) is 1.